The van der Waals surface area contributed by atoms with Crippen molar-refractivity contribution in [3.8, 4) is 11.5 Å². The Balaban J connectivity index is 1.72. The van der Waals surface area contributed by atoms with E-state index in [1.807, 2.05) is 30.3 Å². The smallest absolute Gasteiger partial charge is 0.119 e. The van der Waals surface area contributed by atoms with Crippen molar-refractivity contribution < 1.29 is 9.84 Å². The van der Waals surface area contributed by atoms with Crippen LogP contribution in [0.15, 0.2) is 42.5 Å². The summed E-state index contributed by atoms with van der Waals surface area (Å²) in [4.78, 5) is 0. The van der Waals surface area contributed by atoms with Crippen LogP contribution in [0.1, 0.15) is 17.5 Å². The molecule has 0 fully saturated rings. The Morgan fingerprint density at radius 1 is 1.15 bits per heavy atom. The van der Waals surface area contributed by atoms with Gasteiger partial charge in [-0.3, -0.25) is 0 Å². The number of methoxy groups -OCH3 is 1. The third-order valence-corrected chi connectivity index (χ3v) is 3.92. The average molecular weight is 269 g/mol. The van der Waals surface area contributed by atoms with Gasteiger partial charge in [-0.2, -0.15) is 0 Å². The number of benzene rings is 2. The zero-order valence-electron chi connectivity index (χ0n) is 11.6. The highest BCUT2D eigenvalue weighted by molar-refractivity contribution is 5.49. The van der Waals surface area contributed by atoms with E-state index in [2.05, 4.69) is 11.4 Å². The van der Waals surface area contributed by atoms with Crippen LogP contribution >= 0.6 is 0 Å². The predicted molar refractivity (Wildman–Crippen MR) is 80.5 cm³/mol. The first kappa shape index (κ1) is 12.9. The van der Waals surface area contributed by atoms with Crippen molar-refractivity contribution in [2.45, 2.75) is 25.3 Å². The quantitative estimate of drug-likeness (QED) is 0.897. The Labute approximate surface area is 119 Å². The molecule has 1 aliphatic carbocycles. The van der Waals surface area contributed by atoms with E-state index in [4.69, 9.17) is 4.74 Å². The van der Waals surface area contributed by atoms with E-state index in [0.29, 0.717) is 11.8 Å². The van der Waals surface area contributed by atoms with Gasteiger partial charge >= 0.3 is 0 Å². The van der Waals surface area contributed by atoms with Crippen molar-refractivity contribution in [3.63, 3.8) is 0 Å². The fraction of sp³-hybridized carbons (Fsp3) is 0.294. The third-order valence-electron chi connectivity index (χ3n) is 3.92. The van der Waals surface area contributed by atoms with Gasteiger partial charge in [-0.1, -0.05) is 12.1 Å². The normalized spacial score (nSPS) is 17.4. The van der Waals surface area contributed by atoms with Crippen LogP contribution < -0.4 is 10.1 Å². The fourth-order valence-corrected chi connectivity index (χ4v) is 2.82. The second-order valence-corrected chi connectivity index (χ2v) is 5.23. The van der Waals surface area contributed by atoms with Crippen molar-refractivity contribution in [1.82, 2.24) is 0 Å². The van der Waals surface area contributed by atoms with Gasteiger partial charge in [0.1, 0.15) is 11.5 Å². The molecule has 0 saturated heterocycles. The molecule has 0 spiro atoms. The topological polar surface area (TPSA) is 41.5 Å². The first-order valence-electron chi connectivity index (χ1n) is 6.96. The molecule has 1 unspecified atom stereocenters. The number of hydrogen-bond donors (Lipinski definition) is 2. The summed E-state index contributed by atoms with van der Waals surface area (Å²) in [7, 11) is 1.67. The lowest BCUT2D eigenvalue weighted by atomic mass is 9.87. The monoisotopic (exact) mass is 269 g/mol. The minimum Gasteiger partial charge on any atom is -0.508 e. The van der Waals surface area contributed by atoms with Gasteiger partial charge in [0, 0.05) is 11.7 Å². The molecular formula is C17H19NO2. The van der Waals surface area contributed by atoms with E-state index in [9.17, 15) is 5.11 Å². The number of aromatic hydroxyl groups is 1. The van der Waals surface area contributed by atoms with Gasteiger partial charge in [-0.05, 0) is 60.7 Å². The minimum atomic E-state index is 0.365. The molecule has 3 rings (SSSR count). The molecule has 0 aliphatic heterocycles. The van der Waals surface area contributed by atoms with E-state index in [-0.39, 0.29) is 0 Å². The molecule has 2 aromatic rings. The Hall–Kier alpha value is -2.16. The number of anilines is 1. The highest BCUT2D eigenvalue weighted by atomic mass is 16.5. The van der Waals surface area contributed by atoms with Crippen molar-refractivity contribution in [3.05, 3.63) is 53.6 Å². The van der Waals surface area contributed by atoms with Crippen LogP contribution in [0.4, 0.5) is 5.69 Å². The van der Waals surface area contributed by atoms with Gasteiger partial charge < -0.3 is 15.2 Å². The van der Waals surface area contributed by atoms with Crippen molar-refractivity contribution in [1.29, 1.82) is 0 Å². The number of rotatable bonds is 3. The Morgan fingerprint density at radius 3 is 2.70 bits per heavy atom. The maximum absolute atomic E-state index is 9.96. The summed E-state index contributed by atoms with van der Waals surface area (Å²) in [6, 6.07) is 14.1. The van der Waals surface area contributed by atoms with Gasteiger partial charge in [0.15, 0.2) is 0 Å². The van der Waals surface area contributed by atoms with Crippen LogP contribution in [0.3, 0.4) is 0 Å². The van der Waals surface area contributed by atoms with E-state index >= 15 is 0 Å². The SMILES string of the molecule is COc1ccc(NC2CCc3cccc(O)c3C2)cc1. The molecule has 0 heterocycles. The first-order valence-corrected chi connectivity index (χ1v) is 6.96. The molecule has 20 heavy (non-hydrogen) atoms. The molecule has 0 amide bonds. The standard InChI is InChI=1S/C17H19NO2/c1-20-15-9-7-13(8-10-15)18-14-6-5-12-3-2-4-17(19)16(12)11-14/h2-4,7-10,14,18-19H,5-6,11H2,1H3. The van der Waals surface area contributed by atoms with E-state index in [0.717, 1.165) is 36.3 Å². The molecule has 104 valence electrons. The lowest BCUT2D eigenvalue weighted by Gasteiger charge is -2.27. The van der Waals surface area contributed by atoms with E-state index in [1.54, 1.807) is 13.2 Å². The average Bonchev–Trinajstić information content (AvgIpc) is 2.49. The summed E-state index contributed by atoms with van der Waals surface area (Å²) in [5, 5.41) is 13.5. The highest BCUT2D eigenvalue weighted by Gasteiger charge is 2.20. The van der Waals surface area contributed by atoms with Crippen LogP contribution in [-0.4, -0.2) is 18.3 Å². The maximum atomic E-state index is 9.96. The number of nitrogens with one attached hydrogen (secondary N) is 1. The van der Waals surface area contributed by atoms with Crippen molar-refractivity contribution >= 4 is 5.69 Å². The molecule has 1 atom stereocenters. The van der Waals surface area contributed by atoms with Crippen LogP contribution in [0, 0.1) is 0 Å². The molecule has 0 radical (unpaired) electrons. The summed E-state index contributed by atoms with van der Waals surface area (Å²) in [6.45, 7) is 0. The second-order valence-electron chi connectivity index (χ2n) is 5.23. The molecule has 2 aromatic carbocycles. The molecule has 2 N–H and O–H groups in total. The number of phenolic OH excluding ortho intramolecular Hbond substituents is 1. The van der Waals surface area contributed by atoms with Crippen LogP contribution in [0.2, 0.25) is 0 Å². The zero-order valence-corrected chi connectivity index (χ0v) is 11.6. The molecule has 3 heteroatoms. The molecular weight excluding hydrogens is 250 g/mol. The number of phenols is 1. The van der Waals surface area contributed by atoms with Crippen molar-refractivity contribution in [2.24, 2.45) is 0 Å². The van der Waals surface area contributed by atoms with Gasteiger partial charge in [0.25, 0.3) is 0 Å². The van der Waals surface area contributed by atoms with Gasteiger partial charge in [0.2, 0.25) is 0 Å². The second kappa shape index (κ2) is 5.45. The molecule has 0 saturated carbocycles. The fourth-order valence-electron chi connectivity index (χ4n) is 2.82. The first-order chi connectivity index (χ1) is 9.76. The third kappa shape index (κ3) is 2.57. The van der Waals surface area contributed by atoms with Crippen LogP contribution in [0.25, 0.3) is 0 Å². The highest BCUT2D eigenvalue weighted by Crippen LogP contribution is 2.30. The Morgan fingerprint density at radius 2 is 1.95 bits per heavy atom. The number of hydrogen-bond acceptors (Lipinski definition) is 3. The number of aryl methyl sites for hydroxylation is 1. The van der Waals surface area contributed by atoms with Crippen LogP contribution in [0.5, 0.6) is 11.5 Å². The van der Waals surface area contributed by atoms with Crippen molar-refractivity contribution in [2.75, 3.05) is 12.4 Å². The summed E-state index contributed by atoms with van der Waals surface area (Å²) in [5.74, 6) is 1.28. The molecule has 0 bridgehead atoms. The predicted octanol–water partition coefficient (Wildman–Crippen LogP) is 3.37. The lowest BCUT2D eigenvalue weighted by Crippen LogP contribution is -2.27. The summed E-state index contributed by atoms with van der Waals surface area (Å²) < 4.78 is 5.16. The minimum absolute atomic E-state index is 0.365. The number of fused-ring (bicyclic) bond motifs is 1. The van der Waals surface area contributed by atoms with Gasteiger partial charge in [0.05, 0.1) is 7.11 Å². The van der Waals surface area contributed by atoms with Crippen LogP contribution in [-0.2, 0) is 12.8 Å². The Kier molecular flexibility index (Phi) is 3.50. The van der Waals surface area contributed by atoms with E-state index in [1.165, 1.54) is 5.56 Å². The lowest BCUT2D eigenvalue weighted by molar-refractivity contribution is 0.415. The van der Waals surface area contributed by atoms with Gasteiger partial charge in [-0.15, -0.1) is 0 Å². The summed E-state index contributed by atoms with van der Waals surface area (Å²) in [6.07, 6.45) is 2.97. The maximum Gasteiger partial charge on any atom is 0.119 e. The number of ether oxygens (including phenoxy) is 1. The van der Waals surface area contributed by atoms with Gasteiger partial charge in [-0.25, -0.2) is 0 Å². The largest absolute Gasteiger partial charge is 0.508 e. The summed E-state index contributed by atoms with van der Waals surface area (Å²) in [5.41, 5.74) is 3.46. The molecule has 1 aliphatic rings. The van der Waals surface area contributed by atoms with E-state index < -0.39 is 0 Å². The molecule has 3 nitrogen and oxygen atoms in total. The summed E-state index contributed by atoms with van der Waals surface area (Å²) >= 11 is 0. The zero-order chi connectivity index (χ0) is 13.9. The Bertz CT molecular complexity index is 592. The molecule has 0 aromatic heterocycles.